The van der Waals surface area contributed by atoms with Crippen molar-refractivity contribution in [1.29, 1.82) is 0 Å². The van der Waals surface area contributed by atoms with Gasteiger partial charge in [0, 0.05) is 29.9 Å². The van der Waals surface area contributed by atoms with Gasteiger partial charge in [-0.1, -0.05) is 35.9 Å². The average molecular weight is 292 g/mol. The minimum atomic E-state index is -0.0193. The highest BCUT2D eigenvalue weighted by Crippen LogP contribution is 2.18. The summed E-state index contributed by atoms with van der Waals surface area (Å²) in [6.07, 6.45) is 0. The number of rotatable bonds is 4. The van der Waals surface area contributed by atoms with E-state index in [1.54, 1.807) is 0 Å². The van der Waals surface area contributed by atoms with Gasteiger partial charge in [-0.05, 0) is 43.5 Å². The van der Waals surface area contributed by atoms with Gasteiger partial charge >= 0.3 is 0 Å². The number of aromatic nitrogens is 1. The molecule has 0 spiro atoms. The van der Waals surface area contributed by atoms with Crippen LogP contribution in [-0.2, 0) is 6.54 Å². The van der Waals surface area contributed by atoms with Crippen molar-refractivity contribution in [3.05, 3.63) is 71.4 Å². The second-order valence-electron chi connectivity index (χ2n) is 5.62. The molecule has 0 radical (unpaired) electrons. The molecule has 0 atom stereocenters. The van der Waals surface area contributed by atoms with Crippen LogP contribution in [0.3, 0.4) is 0 Å². The Kier molecular flexibility index (Phi) is 3.96. The Morgan fingerprint density at radius 1 is 1.05 bits per heavy atom. The van der Waals surface area contributed by atoms with Crippen LogP contribution in [-0.4, -0.2) is 17.0 Å². The number of hydrogen-bond donors (Lipinski definition) is 1. The molecule has 112 valence electrons. The van der Waals surface area contributed by atoms with E-state index in [0.717, 1.165) is 12.1 Å². The van der Waals surface area contributed by atoms with Crippen LogP contribution in [0, 0.1) is 13.8 Å². The maximum Gasteiger partial charge on any atom is 0.251 e. The van der Waals surface area contributed by atoms with E-state index in [0.29, 0.717) is 12.1 Å². The molecule has 0 aliphatic carbocycles. The summed E-state index contributed by atoms with van der Waals surface area (Å²) in [6, 6.07) is 18.1. The normalized spacial score (nSPS) is 10.8. The van der Waals surface area contributed by atoms with Gasteiger partial charge < -0.3 is 9.88 Å². The highest BCUT2D eigenvalue weighted by Gasteiger charge is 2.07. The summed E-state index contributed by atoms with van der Waals surface area (Å²) in [6.45, 7) is 5.51. The first-order valence-corrected chi connectivity index (χ1v) is 7.55. The van der Waals surface area contributed by atoms with Gasteiger partial charge in [0.2, 0.25) is 0 Å². The molecule has 0 fully saturated rings. The van der Waals surface area contributed by atoms with Crippen molar-refractivity contribution in [2.75, 3.05) is 6.54 Å². The van der Waals surface area contributed by atoms with Gasteiger partial charge in [-0.3, -0.25) is 4.79 Å². The van der Waals surface area contributed by atoms with Crippen molar-refractivity contribution in [3.63, 3.8) is 0 Å². The Morgan fingerprint density at radius 3 is 2.55 bits per heavy atom. The third-order valence-electron chi connectivity index (χ3n) is 3.95. The van der Waals surface area contributed by atoms with Gasteiger partial charge in [0.05, 0.1) is 0 Å². The van der Waals surface area contributed by atoms with Gasteiger partial charge in [-0.15, -0.1) is 0 Å². The summed E-state index contributed by atoms with van der Waals surface area (Å²) in [5, 5.41) is 4.23. The second-order valence-corrected chi connectivity index (χ2v) is 5.62. The molecule has 1 heterocycles. The molecule has 3 nitrogen and oxygen atoms in total. The van der Waals surface area contributed by atoms with Crippen molar-refractivity contribution < 1.29 is 4.79 Å². The van der Waals surface area contributed by atoms with E-state index in [4.69, 9.17) is 0 Å². The SMILES string of the molecule is Cc1ccc(C(=O)NCCn2c(C)cc3ccccc32)cc1. The predicted octanol–water partition coefficient (Wildman–Crippen LogP) is 3.69. The van der Waals surface area contributed by atoms with Crippen molar-refractivity contribution in [1.82, 2.24) is 9.88 Å². The number of benzene rings is 2. The summed E-state index contributed by atoms with van der Waals surface area (Å²) in [7, 11) is 0. The molecule has 3 rings (SSSR count). The molecule has 0 aliphatic rings. The van der Waals surface area contributed by atoms with Crippen LogP contribution in [0.25, 0.3) is 10.9 Å². The largest absolute Gasteiger partial charge is 0.350 e. The fourth-order valence-electron chi connectivity index (χ4n) is 2.73. The maximum atomic E-state index is 12.1. The first-order valence-electron chi connectivity index (χ1n) is 7.55. The topological polar surface area (TPSA) is 34.0 Å². The zero-order valence-corrected chi connectivity index (χ0v) is 13.0. The zero-order valence-electron chi connectivity index (χ0n) is 13.0. The molecule has 0 bridgehead atoms. The molecule has 3 heteroatoms. The fraction of sp³-hybridized carbons (Fsp3) is 0.211. The number of hydrogen-bond acceptors (Lipinski definition) is 1. The van der Waals surface area contributed by atoms with Crippen LogP contribution in [0.5, 0.6) is 0 Å². The number of carbonyl (C=O) groups is 1. The molecular weight excluding hydrogens is 272 g/mol. The Labute approximate surface area is 130 Å². The molecule has 1 amide bonds. The van der Waals surface area contributed by atoms with Gasteiger partial charge in [-0.2, -0.15) is 0 Å². The van der Waals surface area contributed by atoms with Gasteiger partial charge in [0.15, 0.2) is 0 Å². The minimum absolute atomic E-state index is 0.0193. The Bertz CT molecular complexity index is 800. The first kappa shape index (κ1) is 14.4. The van der Waals surface area contributed by atoms with Crippen LogP contribution in [0.1, 0.15) is 21.6 Å². The molecule has 0 saturated heterocycles. The van der Waals surface area contributed by atoms with Crippen LogP contribution >= 0.6 is 0 Å². The van der Waals surface area contributed by atoms with Crippen LogP contribution < -0.4 is 5.32 Å². The van der Waals surface area contributed by atoms with Crippen LogP contribution in [0.15, 0.2) is 54.6 Å². The zero-order chi connectivity index (χ0) is 15.5. The molecule has 1 aromatic heterocycles. The number of carbonyl (C=O) groups excluding carboxylic acids is 1. The number of nitrogens with one attached hydrogen (secondary N) is 1. The second kappa shape index (κ2) is 6.06. The number of amides is 1. The van der Waals surface area contributed by atoms with E-state index in [1.165, 1.54) is 16.6 Å². The summed E-state index contributed by atoms with van der Waals surface area (Å²) in [5.74, 6) is -0.0193. The standard InChI is InChI=1S/C19H20N2O/c1-14-7-9-16(10-8-14)19(22)20-11-12-21-15(2)13-17-5-3-4-6-18(17)21/h3-10,13H,11-12H2,1-2H3,(H,20,22). The highest BCUT2D eigenvalue weighted by molar-refractivity contribution is 5.94. The molecule has 2 aromatic carbocycles. The molecule has 22 heavy (non-hydrogen) atoms. The van der Waals surface area contributed by atoms with E-state index in [9.17, 15) is 4.79 Å². The first-order chi connectivity index (χ1) is 10.6. The lowest BCUT2D eigenvalue weighted by Crippen LogP contribution is -2.27. The van der Waals surface area contributed by atoms with E-state index in [2.05, 4.69) is 35.0 Å². The van der Waals surface area contributed by atoms with Gasteiger partial charge in [0.1, 0.15) is 0 Å². The molecule has 3 aromatic rings. The maximum absolute atomic E-state index is 12.1. The molecule has 1 N–H and O–H groups in total. The predicted molar refractivity (Wildman–Crippen MR) is 90.2 cm³/mol. The highest BCUT2D eigenvalue weighted by atomic mass is 16.1. The van der Waals surface area contributed by atoms with E-state index in [-0.39, 0.29) is 5.91 Å². The lowest BCUT2D eigenvalue weighted by atomic mass is 10.1. The fourth-order valence-corrected chi connectivity index (χ4v) is 2.73. The van der Waals surface area contributed by atoms with E-state index < -0.39 is 0 Å². The monoisotopic (exact) mass is 292 g/mol. The number of aryl methyl sites for hydroxylation is 2. The van der Waals surface area contributed by atoms with E-state index >= 15 is 0 Å². The Balaban J connectivity index is 1.66. The minimum Gasteiger partial charge on any atom is -0.350 e. The average Bonchev–Trinajstić information content (AvgIpc) is 2.84. The summed E-state index contributed by atoms with van der Waals surface area (Å²) >= 11 is 0. The lowest BCUT2D eigenvalue weighted by molar-refractivity contribution is 0.0952. The van der Waals surface area contributed by atoms with Crippen LogP contribution in [0.2, 0.25) is 0 Å². The molecule has 0 unspecified atom stereocenters. The summed E-state index contributed by atoms with van der Waals surface area (Å²) < 4.78 is 2.24. The third kappa shape index (κ3) is 2.89. The van der Waals surface area contributed by atoms with Gasteiger partial charge in [-0.25, -0.2) is 0 Å². The van der Waals surface area contributed by atoms with E-state index in [1.807, 2.05) is 43.3 Å². The summed E-state index contributed by atoms with van der Waals surface area (Å²) in [5.41, 5.74) is 4.29. The number of fused-ring (bicyclic) bond motifs is 1. The summed E-state index contributed by atoms with van der Waals surface area (Å²) in [4.78, 5) is 12.1. The van der Waals surface area contributed by atoms with Gasteiger partial charge in [0.25, 0.3) is 5.91 Å². The smallest absolute Gasteiger partial charge is 0.251 e. The molecular formula is C19H20N2O. The van der Waals surface area contributed by atoms with Crippen LogP contribution in [0.4, 0.5) is 0 Å². The quantitative estimate of drug-likeness (QED) is 0.782. The molecule has 0 saturated carbocycles. The molecule has 0 aliphatic heterocycles. The Morgan fingerprint density at radius 2 is 1.77 bits per heavy atom. The van der Waals surface area contributed by atoms with Crippen molar-refractivity contribution in [2.24, 2.45) is 0 Å². The number of nitrogens with zero attached hydrogens (tertiary/aromatic N) is 1. The Hall–Kier alpha value is -2.55. The lowest BCUT2D eigenvalue weighted by Gasteiger charge is -2.10. The van der Waals surface area contributed by atoms with Crippen molar-refractivity contribution in [3.8, 4) is 0 Å². The van der Waals surface area contributed by atoms with Crippen molar-refractivity contribution >= 4 is 16.8 Å². The van der Waals surface area contributed by atoms with Crippen molar-refractivity contribution in [2.45, 2.75) is 20.4 Å². The third-order valence-corrected chi connectivity index (χ3v) is 3.95. The number of para-hydroxylation sites is 1.